The average molecular weight is 381 g/mol. The van der Waals surface area contributed by atoms with Crippen LogP contribution < -0.4 is 0 Å². The van der Waals surface area contributed by atoms with Gasteiger partial charge in [0.2, 0.25) is 0 Å². The number of carbonyl (C=O) groups excluding carboxylic acids is 1. The lowest BCUT2D eigenvalue weighted by atomic mass is 9.75. The van der Waals surface area contributed by atoms with Gasteiger partial charge in [-0.15, -0.1) is 0 Å². The summed E-state index contributed by atoms with van der Waals surface area (Å²) in [6.45, 7) is 6.57. The Morgan fingerprint density at radius 2 is 1.89 bits per heavy atom. The van der Waals surface area contributed by atoms with E-state index in [1.54, 1.807) is 6.92 Å². The van der Waals surface area contributed by atoms with Crippen molar-refractivity contribution in [2.45, 2.75) is 51.3 Å². The number of hydrogen-bond acceptors (Lipinski definition) is 5. The summed E-state index contributed by atoms with van der Waals surface area (Å²) in [6.07, 6.45) is 2.30. The predicted octanol–water partition coefficient (Wildman–Crippen LogP) is 2.49. The van der Waals surface area contributed by atoms with Gasteiger partial charge in [0.15, 0.2) is 5.69 Å². The molecule has 6 heteroatoms. The van der Waals surface area contributed by atoms with Gasteiger partial charge in [-0.2, -0.15) is 0 Å². The molecule has 1 aromatic heterocycles. The third kappa shape index (κ3) is 2.62. The Morgan fingerprint density at radius 1 is 1.18 bits per heavy atom. The van der Waals surface area contributed by atoms with E-state index in [0.717, 1.165) is 25.9 Å². The van der Waals surface area contributed by atoms with E-state index in [2.05, 4.69) is 41.2 Å². The Bertz CT molecular complexity index is 883. The third-order valence-electron chi connectivity index (χ3n) is 7.11. The van der Waals surface area contributed by atoms with E-state index in [-0.39, 0.29) is 24.2 Å². The molecule has 5 heterocycles. The summed E-state index contributed by atoms with van der Waals surface area (Å²) in [5.41, 5.74) is 3.35. The first-order valence-electron chi connectivity index (χ1n) is 10.3. The zero-order valence-corrected chi connectivity index (χ0v) is 16.5. The number of nitrogens with zero attached hydrogens (tertiary/aromatic N) is 3. The number of benzene rings is 1. The summed E-state index contributed by atoms with van der Waals surface area (Å²) in [7, 11) is 0. The number of aromatic nitrogens is 1. The van der Waals surface area contributed by atoms with Crippen LogP contribution in [0, 0.1) is 19.8 Å². The van der Waals surface area contributed by atoms with Crippen molar-refractivity contribution in [2.24, 2.45) is 5.92 Å². The van der Waals surface area contributed by atoms with Crippen molar-refractivity contribution in [1.82, 2.24) is 15.0 Å². The first kappa shape index (κ1) is 17.9. The van der Waals surface area contributed by atoms with Gasteiger partial charge in [-0.05, 0) is 51.3 Å². The molecule has 4 saturated heterocycles. The summed E-state index contributed by atoms with van der Waals surface area (Å²) < 4.78 is 5.22. The van der Waals surface area contributed by atoms with Gasteiger partial charge in [-0.25, -0.2) is 0 Å². The number of rotatable bonds is 3. The first-order valence-corrected chi connectivity index (χ1v) is 10.3. The monoisotopic (exact) mass is 381 g/mol. The van der Waals surface area contributed by atoms with Gasteiger partial charge in [0.05, 0.1) is 18.2 Å². The number of aliphatic hydroxyl groups is 1. The van der Waals surface area contributed by atoms with Crippen LogP contribution in [-0.2, 0) is 6.61 Å². The van der Waals surface area contributed by atoms with Gasteiger partial charge in [0.25, 0.3) is 5.91 Å². The topological polar surface area (TPSA) is 69.8 Å². The zero-order valence-electron chi connectivity index (χ0n) is 16.5. The molecule has 0 unspecified atom stereocenters. The standard InChI is InChI=1S/C22H27N3O3/c1-13-3-5-15(6-4-13)17-11-25(20-16-7-9-24(10-8-16)21(17)20)22(27)19-18(12-26)14(2)28-23-19/h3-6,16-17,20-21,26H,7-12H2,1-2H3/t17-,20+,21+/m0/s1. The molecule has 2 bridgehead atoms. The van der Waals surface area contributed by atoms with Crippen LogP contribution in [-0.4, -0.2) is 57.7 Å². The second kappa shape index (κ2) is 6.71. The van der Waals surface area contributed by atoms with E-state index < -0.39 is 0 Å². The van der Waals surface area contributed by atoms with Crippen LogP contribution in [0.15, 0.2) is 28.8 Å². The number of hydrogen-bond donors (Lipinski definition) is 1. The minimum absolute atomic E-state index is 0.0979. The Morgan fingerprint density at radius 3 is 2.57 bits per heavy atom. The molecule has 6 rings (SSSR count). The Labute approximate surface area is 165 Å². The first-order chi connectivity index (χ1) is 13.6. The molecular weight excluding hydrogens is 354 g/mol. The molecule has 6 nitrogen and oxygen atoms in total. The SMILES string of the molecule is Cc1ccc([C@@H]2CN(C(=O)c3noc(C)c3CO)[C@@H]3C4CCN(CC4)[C@@H]32)cc1. The number of aryl methyl sites for hydroxylation is 2. The number of likely N-dealkylation sites (tertiary alicyclic amines) is 1. The highest BCUT2D eigenvalue weighted by Crippen LogP contribution is 2.47. The minimum atomic E-state index is -0.227. The molecule has 1 N–H and O–H groups in total. The highest BCUT2D eigenvalue weighted by molar-refractivity contribution is 5.94. The van der Waals surface area contributed by atoms with Crippen molar-refractivity contribution in [2.75, 3.05) is 19.6 Å². The van der Waals surface area contributed by atoms with Gasteiger partial charge in [-0.3, -0.25) is 9.69 Å². The Kier molecular flexibility index (Phi) is 4.29. The molecule has 0 aliphatic carbocycles. The fourth-order valence-electron chi connectivity index (χ4n) is 5.64. The number of fused-ring (bicyclic) bond motifs is 2. The normalized spacial score (nSPS) is 31.2. The van der Waals surface area contributed by atoms with Crippen molar-refractivity contribution in [1.29, 1.82) is 0 Å². The third-order valence-corrected chi connectivity index (χ3v) is 7.11. The summed E-state index contributed by atoms with van der Waals surface area (Å²) in [5, 5.41) is 13.7. The van der Waals surface area contributed by atoms with Crippen LogP contribution in [0.1, 0.15) is 51.7 Å². The largest absolute Gasteiger partial charge is 0.391 e. The molecule has 0 saturated carbocycles. The second-order valence-electron chi connectivity index (χ2n) is 8.55. The molecule has 148 valence electrons. The van der Waals surface area contributed by atoms with Crippen LogP contribution in [0.4, 0.5) is 0 Å². The maximum atomic E-state index is 13.5. The fourth-order valence-corrected chi connectivity index (χ4v) is 5.64. The van der Waals surface area contributed by atoms with E-state index in [1.807, 2.05) is 4.90 Å². The van der Waals surface area contributed by atoms with Gasteiger partial charge in [0, 0.05) is 18.5 Å². The minimum Gasteiger partial charge on any atom is -0.391 e. The number of aliphatic hydroxyl groups excluding tert-OH is 1. The predicted molar refractivity (Wildman–Crippen MR) is 104 cm³/mol. The molecule has 4 fully saturated rings. The smallest absolute Gasteiger partial charge is 0.276 e. The average Bonchev–Trinajstić information content (AvgIpc) is 3.31. The summed E-state index contributed by atoms with van der Waals surface area (Å²) >= 11 is 0. The van der Waals surface area contributed by atoms with Crippen molar-refractivity contribution in [3.05, 3.63) is 52.4 Å². The molecule has 4 aliphatic rings. The van der Waals surface area contributed by atoms with E-state index in [9.17, 15) is 9.90 Å². The molecular formula is C22H27N3O3. The van der Waals surface area contributed by atoms with Crippen LogP contribution in [0.2, 0.25) is 0 Å². The maximum absolute atomic E-state index is 13.5. The lowest BCUT2D eigenvalue weighted by molar-refractivity contribution is -0.00375. The van der Waals surface area contributed by atoms with Crippen LogP contribution in [0.5, 0.6) is 0 Å². The van der Waals surface area contributed by atoms with Crippen molar-refractivity contribution in [3.63, 3.8) is 0 Å². The summed E-state index contributed by atoms with van der Waals surface area (Å²) in [6, 6.07) is 9.34. The molecule has 28 heavy (non-hydrogen) atoms. The number of amides is 1. The quantitative estimate of drug-likeness (QED) is 0.885. The van der Waals surface area contributed by atoms with E-state index in [4.69, 9.17) is 4.52 Å². The van der Waals surface area contributed by atoms with E-state index >= 15 is 0 Å². The molecule has 1 aromatic carbocycles. The highest BCUT2D eigenvalue weighted by Gasteiger charge is 2.55. The van der Waals surface area contributed by atoms with Crippen molar-refractivity contribution < 1.29 is 14.4 Å². The second-order valence-corrected chi connectivity index (χ2v) is 8.55. The van der Waals surface area contributed by atoms with Crippen molar-refractivity contribution >= 4 is 5.91 Å². The molecule has 1 amide bonds. The lowest BCUT2D eigenvalue weighted by Crippen LogP contribution is -2.60. The summed E-state index contributed by atoms with van der Waals surface area (Å²) in [4.78, 5) is 18.1. The molecule has 2 aromatic rings. The van der Waals surface area contributed by atoms with E-state index in [1.165, 1.54) is 11.1 Å². The van der Waals surface area contributed by atoms with Gasteiger partial charge in [0.1, 0.15) is 5.76 Å². The molecule has 3 atom stereocenters. The van der Waals surface area contributed by atoms with Crippen LogP contribution in [0.25, 0.3) is 0 Å². The molecule has 0 radical (unpaired) electrons. The van der Waals surface area contributed by atoms with Crippen LogP contribution >= 0.6 is 0 Å². The molecule has 4 aliphatic heterocycles. The molecule has 0 spiro atoms. The number of carbonyl (C=O) groups is 1. The lowest BCUT2D eigenvalue weighted by Gasteiger charge is -2.51. The van der Waals surface area contributed by atoms with E-state index in [0.29, 0.717) is 35.7 Å². The number of piperidine rings is 3. The fraction of sp³-hybridized carbons (Fsp3) is 0.545. The van der Waals surface area contributed by atoms with Gasteiger partial charge in [-0.1, -0.05) is 35.0 Å². The maximum Gasteiger partial charge on any atom is 0.276 e. The van der Waals surface area contributed by atoms with Crippen LogP contribution in [0.3, 0.4) is 0 Å². The Balaban J connectivity index is 1.53. The van der Waals surface area contributed by atoms with Gasteiger partial charge >= 0.3 is 0 Å². The zero-order chi connectivity index (χ0) is 19.4. The summed E-state index contributed by atoms with van der Waals surface area (Å²) in [5.74, 6) is 1.27. The van der Waals surface area contributed by atoms with Crippen molar-refractivity contribution in [3.8, 4) is 0 Å². The van der Waals surface area contributed by atoms with Gasteiger partial charge < -0.3 is 14.5 Å². The highest BCUT2D eigenvalue weighted by atomic mass is 16.5. The Hall–Kier alpha value is -2.18.